The zero-order valence-electron chi connectivity index (χ0n) is 10.9. The Kier molecular flexibility index (Phi) is 2.58. The predicted molar refractivity (Wildman–Crippen MR) is 75.2 cm³/mol. The number of rotatable bonds is 2. The molecule has 1 N–H and O–H groups in total. The summed E-state index contributed by atoms with van der Waals surface area (Å²) in [7, 11) is 0. The largest absolute Gasteiger partial charge is 0.337 e. The molecule has 0 saturated carbocycles. The van der Waals surface area contributed by atoms with Gasteiger partial charge in [-0.2, -0.15) is 0 Å². The van der Waals surface area contributed by atoms with Crippen LogP contribution in [0.25, 0.3) is 11.0 Å². The molecule has 1 fully saturated rings. The van der Waals surface area contributed by atoms with Crippen LogP contribution in [0.3, 0.4) is 0 Å². The van der Waals surface area contributed by atoms with E-state index in [-0.39, 0.29) is 0 Å². The molecule has 20 heavy (non-hydrogen) atoms. The van der Waals surface area contributed by atoms with Crippen molar-refractivity contribution in [2.45, 2.75) is 5.79 Å². The lowest BCUT2D eigenvalue weighted by atomic mass is 10.1. The molecule has 0 atom stereocenters. The molecule has 2 aromatic carbocycles. The van der Waals surface area contributed by atoms with E-state index in [2.05, 4.69) is 9.97 Å². The first-order valence-corrected chi connectivity index (χ1v) is 6.67. The van der Waals surface area contributed by atoms with Crippen molar-refractivity contribution in [2.24, 2.45) is 0 Å². The molecular formula is C16H14N2O2. The number of nitrogens with zero attached hydrogens (tertiary/aromatic N) is 1. The van der Waals surface area contributed by atoms with E-state index < -0.39 is 5.79 Å². The summed E-state index contributed by atoms with van der Waals surface area (Å²) >= 11 is 0. The van der Waals surface area contributed by atoms with Gasteiger partial charge in [0.1, 0.15) is 0 Å². The topological polar surface area (TPSA) is 47.1 Å². The van der Waals surface area contributed by atoms with Gasteiger partial charge in [0.05, 0.1) is 24.2 Å². The second-order valence-corrected chi connectivity index (χ2v) is 4.78. The Morgan fingerprint density at radius 2 is 1.60 bits per heavy atom. The number of aromatic amines is 1. The minimum Gasteiger partial charge on any atom is -0.337 e. The summed E-state index contributed by atoms with van der Waals surface area (Å²) in [6, 6.07) is 17.9. The molecule has 1 saturated heterocycles. The lowest BCUT2D eigenvalue weighted by Crippen LogP contribution is -2.30. The van der Waals surface area contributed by atoms with Gasteiger partial charge in [-0.25, -0.2) is 4.98 Å². The summed E-state index contributed by atoms with van der Waals surface area (Å²) in [5.74, 6) is -0.220. The van der Waals surface area contributed by atoms with Gasteiger partial charge in [0, 0.05) is 5.56 Å². The van der Waals surface area contributed by atoms with E-state index in [0.717, 1.165) is 16.6 Å². The van der Waals surface area contributed by atoms with Crippen LogP contribution in [0, 0.1) is 0 Å². The van der Waals surface area contributed by atoms with E-state index in [9.17, 15) is 0 Å². The number of hydrogen-bond acceptors (Lipinski definition) is 3. The average Bonchev–Trinajstić information content (AvgIpc) is 3.15. The quantitative estimate of drug-likeness (QED) is 0.776. The van der Waals surface area contributed by atoms with Crippen LogP contribution < -0.4 is 0 Å². The van der Waals surface area contributed by atoms with Crippen LogP contribution in [0.4, 0.5) is 0 Å². The van der Waals surface area contributed by atoms with Gasteiger partial charge in [-0.15, -0.1) is 0 Å². The summed E-state index contributed by atoms with van der Waals surface area (Å²) in [6.45, 7) is 1.12. The van der Waals surface area contributed by atoms with Crippen LogP contribution in [0.2, 0.25) is 0 Å². The van der Waals surface area contributed by atoms with Crippen molar-refractivity contribution in [1.29, 1.82) is 0 Å². The summed E-state index contributed by atoms with van der Waals surface area (Å²) in [4.78, 5) is 7.95. The van der Waals surface area contributed by atoms with E-state index in [1.165, 1.54) is 0 Å². The second-order valence-electron chi connectivity index (χ2n) is 4.78. The Morgan fingerprint density at radius 3 is 2.35 bits per heavy atom. The maximum Gasteiger partial charge on any atom is 0.256 e. The molecule has 1 aliphatic heterocycles. The van der Waals surface area contributed by atoms with E-state index in [1.807, 2.05) is 54.6 Å². The average molecular weight is 266 g/mol. The molecule has 0 aliphatic carbocycles. The van der Waals surface area contributed by atoms with E-state index >= 15 is 0 Å². The summed E-state index contributed by atoms with van der Waals surface area (Å²) in [6.07, 6.45) is 0. The molecule has 4 heteroatoms. The summed E-state index contributed by atoms with van der Waals surface area (Å²) in [5.41, 5.74) is 2.85. The van der Waals surface area contributed by atoms with Crippen LogP contribution in [-0.4, -0.2) is 23.2 Å². The molecule has 0 bridgehead atoms. The third-order valence-corrected chi connectivity index (χ3v) is 3.55. The smallest absolute Gasteiger partial charge is 0.256 e. The van der Waals surface area contributed by atoms with Gasteiger partial charge >= 0.3 is 0 Å². The Labute approximate surface area is 116 Å². The first-order valence-electron chi connectivity index (χ1n) is 6.67. The van der Waals surface area contributed by atoms with Crippen LogP contribution in [-0.2, 0) is 15.3 Å². The molecule has 4 nitrogen and oxygen atoms in total. The standard InChI is InChI=1S/C16H14N2O2/c1-2-6-12(7-3-1)16(19-10-11-20-16)15-17-13-8-4-5-9-14(13)18-15/h1-9H,10-11H2,(H,17,18). The number of benzene rings is 2. The number of nitrogens with one attached hydrogen (secondary N) is 1. The van der Waals surface area contributed by atoms with Crippen LogP contribution >= 0.6 is 0 Å². The lowest BCUT2D eigenvalue weighted by molar-refractivity contribution is -0.135. The first-order chi connectivity index (χ1) is 9.88. The normalized spacial score (nSPS) is 17.6. The number of imidazole rings is 1. The van der Waals surface area contributed by atoms with Crippen molar-refractivity contribution in [3.8, 4) is 0 Å². The van der Waals surface area contributed by atoms with Crippen LogP contribution in [0.1, 0.15) is 11.4 Å². The van der Waals surface area contributed by atoms with Gasteiger partial charge in [-0.05, 0) is 12.1 Å². The molecule has 100 valence electrons. The Morgan fingerprint density at radius 1 is 0.900 bits per heavy atom. The number of fused-ring (bicyclic) bond motifs is 1. The highest BCUT2D eigenvalue weighted by Crippen LogP contribution is 2.37. The molecule has 3 aromatic rings. The zero-order chi connectivity index (χ0) is 13.4. The minimum atomic E-state index is -0.916. The SMILES string of the molecule is c1ccc(C2(c3nc4ccccc4[nH]3)OCCO2)cc1. The second kappa shape index (κ2) is 4.44. The van der Waals surface area contributed by atoms with Gasteiger partial charge in [0.2, 0.25) is 0 Å². The molecule has 0 amide bonds. The lowest BCUT2D eigenvalue weighted by Gasteiger charge is -2.25. The monoisotopic (exact) mass is 266 g/mol. The summed E-state index contributed by atoms with van der Waals surface area (Å²) in [5, 5.41) is 0. The number of aromatic nitrogens is 2. The maximum absolute atomic E-state index is 5.93. The third-order valence-electron chi connectivity index (χ3n) is 3.55. The number of para-hydroxylation sites is 2. The molecular weight excluding hydrogens is 252 g/mol. The van der Waals surface area contributed by atoms with Gasteiger partial charge in [-0.3, -0.25) is 0 Å². The molecule has 0 radical (unpaired) electrons. The molecule has 2 heterocycles. The molecule has 0 spiro atoms. The van der Waals surface area contributed by atoms with Gasteiger partial charge < -0.3 is 14.5 Å². The van der Waals surface area contributed by atoms with Gasteiger partial charge in [0.25, 0.3) is 5.79 Å². The molecule has 0 unspecified atom stereocenters. The first kappa shape index (κ1) is 11.6. The number of hydrogen-bond donors (Lipinski definition) is 1. The zero-order valence-corrected chi connectivity index (χ0v) is 10.9. The highest BCUT2D eigenvalue weighted by atomic mass is 16.7. The van der Waals surface area contributed by atoms with Crippen molar-refractivity contribution >= 4 is 11.0 Å². The Balaban J connectivity index is 1.91. The van der Waals surface area contributed by atoms with Gasteiger partial charge in [-0.1, -0.05) is 42.5 Å². The number of ether oxygens (including phenoxy) is 2. The van der Waals surface area contributed by atoms with E-state index in [0.29, 0.717) is 19.0 Å². The highest BCUT2D eigenvalue weighted by Gasteiger charge is 2.43. The van der Waals surface area contributed by atoms with Gasteiger partial charge in [0.15, 0.2) is 5.82 Å². The maximum atomic E-state index is 5.93. The van der Waals surface area contributed by atoms with Crippen molar-refractivity contribution in [3.63, 3.8) is 0 Å². The molecule has 1 aromatic heterocycles. The Hall–Kier alpha value is -2.17. The molecule has 1 aliphatic rings. The molecule has 4 rings (SSSR count). The van der Waals surface area contributed by atoms with Crippen molar-refractivity contribution in [1.82, 2.24) is 9.97 Å². The fraction of sp³-hybridized carbons (Fsp3) is 0.188. The minimum absolute atomic E-state index is 0.561. The van der Waals surface area contributed by atoms with E-state index in [4.69, 9.17) is 9.47 Å². The highest BCUT2D eigenvalue weighted by molar-refractivity contribution is 5.75. The van der Waals surface area contributed by atoms with Crippen molar-refractivity contribution in [2.75, 3.05) is 13.2 Å². The van der Waals surface area contributed by atoms with Crippen molar-refractivity contribution in [3.05, 3.63) is 66.0 Å². The fourth-order valence-electron chi connectivity index (χ4n) is 2.62. The number of H-pyrrole nitrogens is 1. The van der Waals surface area contributed by atoms with Crippen molar-refractivity contribution < 1.29 is 9.47 Å². The van der Waals surface area contributed by atoms with Crippen LogP contribution in [0.5, 0.6) is 0 Å². The van der Waals surface area contributed by atoms with Crippen LogP contribution in [0.15, 0.2) is 54.6 Å². The Bertz CT molecular complexity index is 697. The van der Waals surface area contributed by atoms with E-state index in [1.54, 1.807) is 0 Å². The third kappa shape index (κ3) is 1.66. The summed E-state index contributed by atoms with van der Waals surface area (Å²) < 4.78 is 11.9. The predicted octanol–water partition coefficient (Wildman–Crippen LogP) is 2.81. The fourth-order valence-corrected chi connectivity index (χ4v) is 2.62.